The van der Waals surface area contributed by atoms with Gasteiger partial charge in [0.15, 0.2) is 0 Å². The molecule has 0 spiro atoms. The number of anilines is 2. The Hall–Kier alpha value is -1.34. The average Bonchev–Trinajstić information content (AvgIpc) is 2.28. The van der Waals surface area contributed by atoms with Crippen LogP contribution in [0.25, 0.3) is 0 Å². The lowest BCUT2D eigenvalue weighted by Crippen LogP contribution is -2.40. The van der Waals surface area contributed by atoms with Crippen molar-refractivity contribution in [2.45, 2.75) is 12.5 Å². The van der Waals surface area contributed by atoms with Gasteiger partial charge in [-0.2, -0.15) is 0 Å². The summed E-state index contributed by atoms with van der Waals surface area (Å²) in [6.07, 6.45) is 1.22. The van der Waals surface area contributed by atoms with Crippen molar-refractivity contribution in [1.82, 2.24) is 0 Å². The maximum Gasteiger partial charge on any atom is 0.246 e. The number of rotatable bonds is 3. The lowest BCUT2D eigenvalue weighted by molar-refractivity contribution is -0.117. The lowest BCUT2D eigenvalue weighted by atomic mass is 10.1. The molecule has 1 aliphatic rings. The predicted octanol–water partition coefficient (Wildman–Crippen LogP) is 1.65. The first-order valence-electron chi connectivity index (χ1n) is 5.50. The highest BCUT2D eigenvalue weighted by Gasteiger charge is 2.27. The summed E-state index contributed by atoms with van der Waals surface area (Å²) in [5.41, 5.74) is 0.770. The highest BCUT2D eigenvalue weighted by atomic mass is 35.5. The molecule has 1 aliphatic heterocycles. The number of carbonyl (C=O) groups excluding carboxylic acids is 1. The molecule has 0 saturated carbocycles. The summed E-state index contributed by atoms with van der Waals surface area (Å²) in [5, 5.41) is 5.29. The van der Waals surface area contributed by atoms with Crippen LogP contribution in [0.1, 0.15) is 6.42 Å². The van der Waals surface area contributed by atoms with E-state index in [2.05, 4.69) is 10.6 Å². The summed E-state index contributed by atoms with van der Waals surface area (Å²) >= 11 is 5.62. The molecule has 0 radical (unpaired) electrons. The third kappa shape index (κ3) is 3.36. The molecule has 0 saturated heterocycles. The highest BCUT2D eigenvalue weighted by molar-refractivity contribution is 7.90. The third-order valence-electron chi connectivity index (χ3n) is 2.74. The number of hydrogen-bond acceptors (Lipinski definition) is 4. The van der Waals surface area contributed by atoms with Gasteiger partial charge in [-0.3, -0.25) is 4.79 Å². The van der Waals surface area contributed by atoms with Gasteiger partial charge < -0.3 is 10.6 Å². The molecular formula is C11H12ClFN2O3S. The van der Waals surface area contributed by atoms with Crippen LogP contribution in [0, 0.1) is 5.82 Å². The standard InChI is InChI=1S/C11H12ClFN2O3S/c1-19(17,18)3-2-8-11(16)15-9-4-6(12)7(13)5-10(9)14-8/h4-5,8,14H,2-3H2,1H3,(H,15,16). The van der Waals surface area contributed by atoms with E-state index in [1.165, 1.54) is 12.1 Å². The predicted molar refractivity (Wildman–Crippen MR) is 71.8 cm³/mol. The summed E-state index contributed by atoms with van der Waals surface area (Å²) in [4.78, 5) is 11.8. The van der Waals surface area contributed by atoms with Crippen molar-refractivity contribution in [3.05, 3.63) is 23.0 Å². The minimum absolute atomic E-state index is 0.0876. The number of hydrogen-bond donors (Lipinski definition) is 2. The van der Waals surface area contributed by atoms with Crippen molar-refractivity contribution in [2.24, 2.45) is 0 Å². The molecule has 0 aromatic heterocycles. The Bertz CT molecular complexity index is 633. The number of amides is 1. The average molecular weight is 307 g/mol. The van der Waals surface area contributed by atoms with Gasteiger partial charge >= 0.3 is 0 Å². The lowest BCUT2D eigenvalue weighted by Gasteiger charge is -2.26. The second-order valence-corrected chi connectivity index (χ2v) is 7.08. The van der Waals surface area contributed by atoms with Crippen LogP contribution in [0.15, 0.2) is 12.1 Å². The Morgan fingerprint density at radius 1 is 1.37 bits per heavy atom. The van der Waals surface area contributed by atoms with E-state index < -0.39 is 21.7 Å². The van der Waals surface area contributed by atoms with Gasteiger partial charge in [0.05, 0.1) is 22.2 Å². The Labute approximate surface area is 115 Å². The van der Waals surface area contributed by atoms with Crippen LogP contribution in [-0.4, -0.2) is 32.4 Å². The quantitative estimate of drug-likeness (QED) is 0.890. The first-order valence-corrected chi connectivity index (χ1v) is 7.94. The molecule has 1 heterocycles. The molecule has 1 aromatic carbocycles. The Balaban J connectivity index is 2.19. The summed E-state index contributed by atoms with van der Waals surface area (Å²) in [6, 6.07) is 1.77. The Morgan fingerprint density at radius 2 is 2.05 bits per heavy atom. The van der Waals surface area contributed by atoms with Crippen molar-refractivity contribution < 1.29 is 17.6 Å². The van der Waals surface area contributed by atoms with E-state index in [1.54, 1.807) is 0 Å². The van der Waals surface area contributed by atoms with Gasteiger partial charge in [-0.15, -0.1) is 0 Å². The van der Waals surface area contributed by atoms with Crippen molar-refractivity contribution in [3.8, 4) is 0 Å². The number of carbonyl (C=O) groups is 1. The second kappa shape index (κ2) is 4.97. The van der Waals surface area contributed by atoms with Gasteiger partial charge in [0, 0.05) is 12.3 Å². The van der Waals surface area contributed by atoms with E-state index in [4.69, 9.17) is 11.6 Å². The summed E-state index contributed by atoms with van der Waals surface area (Å²) in [6.45, 7) is 0. The number of benzene rings is 1. The van der Waals surface area contributed by atoms with Crippen LogP contribution in [-0.2, 0) is 14.6 Å². The van der Waals surface area contributed by atoms with Crippen LogP contribution in [0.4, 0.5) is 15.8 Å². The molecule has 2 N–H and O–H groups in total. The van der Waals surface area contributed by atoms with Gasteiger partial charge in [-0.25, -0.2) is 12.8 Å². The first-order chi connectivity index (χ1) is 8.76. The van der Waals surface area contributed by atoms with Crippen molar-refractivity contribution in [3.63, 3.8) is 0 Å². The topological polar surface area (TPSA) is 75.3 Å². The van der Waals surface area contributed by atoms with Crippen molar-refractivity contribution >= 4 is 38.7 Å². The third-order valence-corrected chi connectivity index (χ3v) is 4.01. The first kappa shape index (κ1) is 14.1. The van der Waals surface area contributed by atoms with E-state index in [0.717, 1.165) is 6.26 Å². The number of halogens is 2. The van der Waals surface area contributed by atoms with Gasteiger partial charge in [0.25, 0.3) is 0 Å². The number of sulfone groups is 1. The van der Waals surface area contributed by atoms with Crippen LogP contribution >= 0.6 is 11.6 Å². The SMILES string of the molecule is CS(=O)(=O)CCC1Nc2cc(F)c(Cl)cc2NC1=O. The number of fused-ring (bicyclic) bond motifs is 1. The van der Waals surface area contributed by atoms with Crippen LogP contribution in [0.2, 0.25) is 5.02 Å². The maximum atomic E-state index is 13.3. The summed E-state index contributed by atoms with van der Waals surface area (Å²) in [5.74, 6) is -1.09. The van der Waals surface area contributed by atoms with Crippen molar-refractivity contribution in [2.75, 3.05) is 22.6 Å². The zero-order chi connectivity index (χ0) is 14.2. The maximum absolute atomic E-state index is 13.3. The Kier molecular flexibility index (Phi) is 3.69. The molecule has 0 aliphatic carbocycles. The molecule has 8 heteroatoms. The summed E-state index contributed by atoms with van der Waals surface area (Å²) < 4.78 is 35.5. The largest absolute Gasteiger partial charge is 0.372 e. The van der Waals surface area contributed by atoms with Crippen LogP contribution < -0.4 is 10.6 Å². The monoisotopic (exact) mass is 306 g/mol. The minimum Gasteiger partial charge on any atom is -0.372 e. The molecule has 0 fully saturated rings. The minimum atomic E-state index is -3.15. The van der Waals surface area contributed by atoms with E-state index in [-0.39, 0.29) is 23.1 Å². The van der Waals surface area contributed by atoms with Crippen molar-refractivity contribution in [1.29, 1.82) is 0 Å². The van der Waals surface area contributed by atoms with Crippen LogP contribution in [0.3, 0.4) is 0 Å². The van der Waals surface area contributed by atoms with Gasteiger partial charge in [0.1, 0.15) is 21.7 Å². The van der Waals surface area contributed by atoms with Crippen LogP contribution in [0.5, 0.6) is 0 Å². The summed E-state index contributed by atoms with van der Waals surface area (Å²) in [7, 11) is -3.15. The molecule has 2 rings (SSSR count). The van der Waals surface area contributed by atoms with E-state index in [9.17, 15) is 17.6 Å². The zero-order valence-corrected chi connectivity index (χ0v) is 11.6. The molecular weight excluding hydrogens is 295 g/mol. The fourth-order valence-corrected chi connectivity index (χ4v) is 2.61. The molecule has 0 bridgehead atoms. The second-order valence-electron chi connectivity index (χ2n) is 4.42. The van der Waals surface area contributed by atoms with Gasteiger partial charge in [-0.05, 0) is 12.5 Å². The molecule has 1 atom stereocenters. The molecule has 1 aromatic rings. The normalized spacial score (nSPS) is 18.5. The molecule has 5 nitrogen and oxygen atoms in total. The highest BCUT2D eigenvalue weighted by Crippen LogP contribution is 2.32. The smallest absolute Gasteiger partial charge is 0.246 e. The molecule has 1 unspecified atom stereocenters. The zero-order valence-electron chi connectivity index (χ0n) is 10.0. The fourth-order valence-electron chi connectivity index (χ4n) is 1.78. The fraction of sp³-hybridized carbons (Fsp3) is 0.364. The van der Waals surface area contributed by atoms with E-state index in [0.29, 0.717) is 11.4 Å². The van der Waals surface area contributed by atoms with E-state index in [1.807, 2.05) is 0 Å². The number of nitrogens with one attached hydrogen (secondary N) is 2. The molecule has 1 amide bonds. The molecule has 104 valence electrons. The molecule has 19 heavy (non-hydrogen) atoms. The van der Waals surface area contributed by atoms with E-state index >= 15 is 0 Å². The van der Waals surface area contributed by atoms with Gasteiger partial charge in [0.2, 0.25) is 5.91 Å². The van der Waals surface area contributed by atoms with Gasteiger partial charge in [-0.1, -0.05) is 11.6 Å². The Morgan fingerprint density at radius 3 is 2.68 bits per heavy atom.